The maximum atomic E-state index is 12.9. The Balaban J connectivity index is 1.17. The predicted octanol–water partition coefficient (Wildman–Crippen LogP) is 4.85. The van der Waals surface area contributed by atoms with Gasteiger partial charge in [-0.15, -0.1) is 0 Å². The molecule has 3 heterocycles. The molecule has 0 bridgehead atoms. The quantitative estimate of drug-likeness (QED) is 0.490. The minimum Gasteiger partial charge on any atom is -0.366 e. The largest absolute Gasteiger partial charge is 0.366 e. The lowest BCUT2D eigenvalue weighted by molar-refractivity contribution is -0.128. The van der Waals surface area contributed by atoms with Crippen LogP contribution < -0.4 is 10.6 Å². The van der Waals surface area contributed by atoms with Crippen LogP contribution in [0, 0.1) is 0 Å². The number of carbonyl (C=O) groups is 1. The molecule has 2 aliphatic rings. The fraction of sp³-hybridized carbons (Fsp3) is 0.423. The highest BCUT2D eigenvalue weighted by molar-refractivity contribution is 6.42. The number of fused-ring (bicyclic) bond motifs is 1. The number of benzene rings is 2. The molecule has 2 fully saturated rings. The van der Waals surface area contributed by atoms with Crippen LogP contribution in [0.1, 0.15) is 38.4 Å². The Bertz CT molecular complexity index is 1220. The lowest BCUT2D eigenvalue weighted by Gasteiger charge is -2.29. The van der Waals surface area contributed by atoms with Gasteiger partial charge in [0.25, 0.3) is 0 Å². The monoisotopic (exact) mass is 513 g/mol. The van der Waals surface area contributed by atoms with Crippen LogP contribution in [0.3, 0.4) is 0 Å². The second-order valence-corrected chi connectivity index (χ2v) is 10.6. The van der Waals surface area contributed by atoms with Crippen molar-refractivity contribution < 1.29 is 9.53 Å². The van der Waals surface area contributed by atoms with Crippen LogP contribution in [0.4, 0.5) is 5.82 Å². The Labute approximate surface area is 215 Å². The number of hydrogen-bond donors (Lipinski definition) is 2. The number of halogens is 2. The molecule has 0 spiro atoms. The van der Waals surface area contributed by atoms with Gasteiger partial charge in [0.05, 0.1) is 33.8 Å². The summed E-state index contributed by atoms with van der Waals surface area (Å²) in [7, 11) is 0. The molecule has 3 aromatic rings. The van der Waals surface area contributed by atoms with E-state index in [9.17, 15) is 4.79 Å². The van der Waals surface area contributed by atoms with Crippen molar-refractivity contribution in [3.05, 3.63) is 64.4 Å². The summed E-state index contributed by atoms with van der Waals surface area (Å²) in [6, 6.07) is 14.2. The summed E-state index contributed by atoms with van der Waals surface area (Å²) < 4.78 is 6.39. The van der Waals surface area contributed by atoms with Gasteiger partial charge >= 0.3 is 0 Å². The minimum atomic E-state index is -0.280. The Morgan fingerprint density at radius 2 is 1.94 bits per heavy atom. The third-order valence-electron chi connectivity index (χ3n) is 6.97. The van der Waals surface area contributed by atoms with E-state index in [0.717, 1.165) is 24.8 Å². The smallest absolute Gasteiger partial charge is 0.241 e. The van der Waals surface area contributed by atoms with Gasteiger partial charge in [0, 0.05) is 30.6 Å². The fourth-order valence-corrected chi connectivity index (χ4v) is 5.33. The zero-order valence-corrected chi connectivity index (χ0v) is 21.3. The maximum absolute atomic E-state index is 12.9. The van der Waals surface area contributed by atoms with E-state index in [1.54, 1.807) is 12.1 Å². The molecule has 0 aliphatic carbocycles. The Hall–Kier alpha value is -2.45. The molecule has 7 nitrogen and oxygen atoms in total. The highest BCUT2D eigenvalue weighted by atomic mass is 35.5. The summed E-state index contributed by atoms with van der Waals surface area (Å²) >= 11 is 12.3. The van der Waals surface area contributed by atoms with Gasteiger partial charge in [-0.1, -0.05) is 53.5 Å². The first-order valence-corrected chi connectivity index (χ1v) is 12.7. The van der Waals surface area contributed by atoms with Crippen LogP contribution in [0.5, 0.6) is 0 Å². The lowest BCUT2D eigenvalue weighted by atomic mass is 9.95. The first-order chi connectivity index (χ1) is 16.8. The van der Waals surface area contributed by atoms with E-state index >= 15 is 0 Å². The van der Waals surface area contributed by atoms with Gasteiger partial charge < -0.3 is 20.3 Å². The summed E-state index contributed by atoms with van der Waals surface area (Å²) in [5.74, 6) is 0.595. The van der Waals surface area contributed by atoms with Crippen LogP contribution in [-0.2, 0) is 9.53 Å². The highest BCUT2D eigenvalue weighted by Gasteiger charge is 2.43. The number of carbonyl (C=O) groups excluding carboxylic acids is 1. The van der Waals surface area contributed by atoms with Gasteiger partial charge in [-0.05, 0) is 44.4 Å². The van der Waals surface area contributed by atoms with E-state index in [4.69, 9.17) is 27.9 Å². The fourth-order valence-electron chi connectivity index (χ4n) is 5.01. The molecule has 0 saturated carbocycles. The van der Waals surface area contributed by atoms with Gasteiger partial charge in [-0.2, -0.15) is 0 Å². The Morgan fingerprint density at radius 3 is 2.74 bits per heavy atom. The number of amides is 1. The highest BCUT2D eigenvalue weighted by Crippen LogP contribution is 2.39. The van der Waals surface area contributed by atoms with E-state index in [1.165, 1.54) is 11.9 Å². The summed E-state index contributed by atoms with van der Waals surface area (Å²) in [5, 5.41) is 8.51. The van der Waals surface area contributed by atoms with Crippen molar-refractivity contribution in [3.8, 4) is 0 Å². The van der Waals surface area contributed by atoms with Crippen molar-refractivity contribution in [1.29, 1.82) is 0 Å². The molecule has 35 heavy (non-hydrogen) atoms. The second kappa shape index (κ2) is 9.90. The number of aromatic nitrogens is 2. The standard InChI is InChI=1S/C26H29Cl2N5O2/c1-26(2)23(12-22(35-26)16-6-4-3-5-7-16)32-17-8-9-33(14-17)24(34)13-29-25-18-10-19(27)20(28)11-21(18)30-15-31-25/h3-7,10-11,15,17,22-23,32H,8-9,12-14H2,1-2H3,(H,29,30,31)/t17-,22?,23?/m1/s1. The number of nitrogens with one attached hydrogen (secondary N) is 2. The molecule has 2 saturated heterocycles. The van der Waals surface area contributed by atoms with Crippen LogP contribution in [0.15, 0.2) is 48.8 Å². The van der Waals surface area contributed by atoms with E-state index in [1.807, 2.05) is 11.0 Å². The van der Waals surface area contributed by atoms with Crippen molar-refractivity contribution in [3.63, 3.8) is 0 Å². The first kappa shape index (κ1) is 24.3. The average molecular weight is 514 g/mol. The van der Waals surface area contributed by atoms with Crippen molar-refractivity contribution in [2.75, 3.05) is 25.0 Å². The molecule has 0 radical (unpaired) electrons. The first-order valence-electron chi connectivity index (χ1n) is 11.9. The topological polar surface area (TPSA) is 79.4 Å². The molecular weight excluding hydrogens is 485 g/mol. The third kappa shape index (κ3) is 5.23. The minimum absolute atomic E-state index is 0.0326. The number of ether oxygens (including phenoxy) is 1. The molecular formula is C26H29Cl2N5O2. The van der Waals surface area contributed by atoms with Crippen LogP contribution >= 0.6 is 23.2 Å². The summed E-state index contributed by atoms with van der Waals surface area (Å²) in [5.41, 5.74) is 1.60. The number of likely N-dealkylation sites (tertiary alicyclic amines) is 1. The molecule has 2 unspecified atom stereocenters. The molecule has 2 aromatic carbocycles. The lowest BCUT2D eigenvalue weighted by Crippen LogP contribution is -2.49. The summed E-state index contributed by atoms with van der Waals surface area (Å²) in [4.78, 5) is 23.4. The molecule has 2 aliphatic heterocycles. The van der Waals surface area contributed by atoms with Crippen molar-refractivity contribution in [2.45, 2.75) is 50.5 Å². The van der Waals surface area contributed by atoms with Gasteiger partial charge in [0.15, 0.2) is 0 Å². The van der Waals surface area contributed by atoms with Gasteiger partial charge in [0.2, 0.25) is 5.91 Å². The van der Waals surface area contributed by atoms with E-state index in [-0.39, 0.29) is 36.2 Å². The summed E-state index contributed by atoms with van der Waals surface area (Å²) in [6.45, 7) is 5.82. The molecule has 1 aromatic heterocycles. The van der Waals surface area contributed by atoms with Gasteiger partial charge in [-0.25, -0.2) is 9.97 Å². The third-order valence-corrected chi connectivity index (χ3v) is 7.69. The zero-order valence-electron chi connectivity index (χ0n) is 19.8. The van der Waals surface area contributed by atoms with E-state index < -0.39 is 0 Å². The maximum Gasteiger partial charge on any atom is 0.241 e. The van der Waals surface area contributed by atoms with Crippen LogP contribution in [0.25, 0.3) is 10.9 Å². The molecule has 2 N–H and O–H groups in total. The molecule has 9 heteroatoms. The molecule has 3 atom stereocenters. The Morgan fingerprint density at radius 1 is 1.17 bits per heavy atom. The normalized spacial score (nSPS) is 23.7. The average Bonchev–Trinajstić information content (AvgIpc) is 3.43. The van der Waals surface area contributed by atoms with Crippen LogP contribution in [0.2, 0.25) is 10.0 Å². The van der Waals surface area contributed by atoms with E-state index in [0.29, 0.717) is 27.9 Å². The number of rotatable bonds is 6. The van der Waals surface area contributed by atoms with Crippen molar-refractivity contribution >= 4 is 45.8 Å². The van der Waals surface area contributed by atoms with Crippen molar-refractivity contribution in [1.82, 2.24) is 20.2 Å². The zero-order chi connectivity index (χ0) is 24.6. The molecule has 1 amide bonds. The predicted molar refractivity (Wildman–Crippen MR) is 139 cm³/mol. The Kier molecular flexibility index (Phi) is 6.86. The summed E-state index contributed by atoms with van der Waals surface area (Å²) in [6.07, 6.45) is 3.36. The van der Waals surface area contributed by atoms with Gasteiger partial charge in [0.1, 0.15) is 12.1 Å². The number of nitrogens with zero attached hydrogens (tertiary/aromatic N) is 3. The van der Waals surface area contributed by atoms with E-state index in [2.05, 4.69) is 58.7 Å². The molecule has 5 rings (SSSR count). The molecule has 184 valence electrons. The number of anilines is 1. The SMILES string of the molecule is CC1(C)OC(c2ccccc2)CC1N[C@@H]1CCN(C(=O)CNc2ncnc3cc(Cl)c(Cl)cc23)C1. The van der Waals surface area contributed by atoms with Crippen LogP contribution in [-0.4, -0.2) is 58.1 Å². The number of hydrogen-bond acceptors (Lipinski definition) is 6. The van der Waals surface area contributed by atoms with Gasteiger partial charge in [-0.3, -0.25) is 4.79 Å². The second-order valence-electron chi connectivity index (χ2n) is 9.76. The van der Waals surface area contributed by atoms with Crippen molar-refractivity contribution in [2.24, 2.45) is 0 Å².